The van der Waals surface area contributed by atoms with Crippen molar-refractivity contribution >= 4 is 10.0 Å². The fraction of sp³-hybridized carbons (Fsp3) is 0.700. The highest BCUT2D eigenvalue weighted by molar-refractivity contribution is 7.89. The van der Waals surface area contributed by atoms with Gasteiger partial charge in [-0.3, -0.25) is 0 Å². The standard InChI is InChI=1S/C10H16N2O4S/c1-7-6-15-5-4-12(7)17(13,14)10-8(2)11-16-9(10)3/h7H,4-6H2,1-3H3. The van der Waals surface area contributed by atoms with Crippen LogP contribution in [0.2, 0.25) is 0 Å². The number of hydrogen-bond donors (Lipinski definition) is 0. The Balaban J connectivity index is 2.42. The number of morpholine rings is 1. The van der Waals surface area contributed by atoms with Gasteiger partial charge in [0.15, 0.2) is 5.76 Å². The molecule has 0 aliphatic carbocycles. The normalized spacial score (nSPS) is 22.9. The number of nitrogens with zero attached hydrogens (tertiary/aromatic N) is 2. The maximum atomic E-state index is 12.5. The molecule has 0 amide bonds. The van der Waals surface area contributed by atoms with Crippen LogP contribution in [0.1, 0.15) is 18.4 Å². The molecule has 1 saturated heterocycles. The van der Waals surface area contributed by atoms with Gasteiger partial charge in [-0.1, -0.05) is 5.16 Å². The lowest BCUT2D eigenvalue weighted by molar-refractivity contribution is 0.0392. The highest BCUT2D eigenvalue weighted by Gasteiger charge is 2.35. The maximum Gasteiger partial charge on any atom is 0.248 e. The smallest absolute Gasteiger partial charge is 0.248 e. The van der Waals surface area contributed by atoms with Crippen molar-refractivity contribution in [1.82, 2.24) is 9.46 Å². The van der Waals surface area contributed by atoms with Crippen LogP contribution >= 0.6 is 0 Å². The number of ether oxygens (including phenoxy) is 1. The van der Waals surface area contributed by atoms with Gasteiger partial charge in [-0.2, -0.15) is 4.31 Å². The number of hydrogen-bond acceptors (Lipinski definition) is 5. The first kappa shape index (κ1) is 12.5. The molecule has 1 fully saturated rings. The summed E-state index contributed by atoms with van der Waals surface area (Å²) in [6.07, 6.45) is 0. The van der Waals surface area contributed by atoms with Gasteiger partial charge >= 0.3 is 0 Å². The summed E-state index contributed by atoms with van der Waals surface area (Å²) in [5.74, 6) is 0.334. The van der Waals surface area contributed by atoms with Crippen molar-refractivity contribution in [3.05, 3.63) is 11.5 Å². The summed E-state index contributed by atoms with van der Waals surface area (Å²) in [4.78, 5) is 0.186. The van der Waals surface area contributed by atoms with E-state index in [9.17, 15) is 8.42 Å². The monoisotopic (exact) mass is 260 g/mol. The van der Waals surface area contributed by atoms with Crippen molar-refractivity contribution in [2.45, 2.75) is 31.7 Å². The van der Waals surface area contributed by atoms with Crippen LogP contribution in [0.15, 0.2) is 9.42 Å². The van der Waals surface area contributed by atoms with Gasteiger partial charge in [0.05, 0.1) is 13.2 Å². The van der Waals surface area contributed by atoms with E-state index < -0.39 is 10.0 Å². The first-order valence-corrected chi connectivity index (χ1v) is 6.91. The summed E-state index contributed by atoms with van der Waals surface area (Å²) >= 11 is 0. The molecule has 0 radical (unpaired) electrons. The van der Waals surface area contributed by atoms with Crippen LogP contribution in [0, 0.1) is 13.8 Å². The summed E-state index contributed by atoms with van der Waals surface area (Å²) < 4.78 is 36.5. The molecule has 1 aromatic heterocycles. The van der Waals surface area contributed by atoms with Crippen LogP contribution in [-0.4, -0.2) is 43.7 Å². The van der Waals surface area contributed by atoms with Gasteiger partial charge < -0.3 is 9.26 Å². The van der Waals surface area contributed by atoms with E-state index in [2.05, 4.69) is 5.16 Å². The van der Waals surface area contributed by atoms with Crippen LogP contribution in [0.3, 0.4) is 0 Å². The molecular weight excluding hydrogens is 244 g/mol. The lowest BCUT2D eigenvalue weighted by atomic mass is 10.3. The van der Waals surface area contributed by atoms with Crippen LogP contribution in [0.25, 0.3) is 0 Å². The van der Waals surface area contributed by atoms with E-state index in [1.54, 1.807) is 13.8 Å². The highest BCUT2D eigenvalue weighted by atomic mass is 32.2. The minimum Gasteiger partial charge on any atom is -0.378 e. The van der Waals surface area contributed by atoms with Crippen molar-refractivity contribution in [2.75, 3.05) is 19.8 Å². The molecule has 0 saturated carbocycles. The minimum absolute atomic E-state index is 0.164. The minimum atomic E-state index is -3.53. The topological polar surface area (TPSA) is 72.6 Å². The Morgan fingerprint density at radius 2 is 2.12 bits per heavy atom. The van der Waals surface area contributed by atoms with E-state index in [-0.39, 0.29) is 10.9 Å². The third-order valence-corrected chi connectivity index (χ3v) is 5.10. The van der Waals surface area contributed by atoms with E-state index >= 15 is 0 Å². The summed E-state index contributed by atoms with van der Waals surface area (Å²) in [6.45, 7) is 6.28. The Kier molecular flexibility index (Phi) is 3.24. The van der Waals surface area contributed by atoms with Crippen molar-refractivity contribution in [1.29, 1.82) is 0 Å². The molecular formula is C10H16N2O4S. The Hall–Kier alpha value is -0.920. The predicted octanol–water partition coefficient (Wildman–Crippen LogP) is 0.701. The van der Waals surface area contributed by atoms with E-state index in [0.29, 0.717) is 31.2 Å². The average Bonchev–Trinajstić information content (AvgIpc) is 2.59. The second-order valence-corrected chi connectivity index (χ2v) is 6.02. The van der Waals surface area contributed by atoms with Crippen molar-refractivity contribution in [3.63, 3.8) is 0 Å². The lowest BCUT2D eigenvalue weighted by Crippen LogP contribution is -2.47. The molecule has 1 aliphatic heterocycles. The van der Waals surface area contributed by atoms with Crippen molar-refractivity contribution < 1.29 is 17.7 Å². The molecule has 96 valence electrons. The number of aryl methyl sites for hydroxylation is 2. The number of rotatable bonds is 2. The average molecular weight is 260 g/mol. The largest absolute Gasteiger partial charge is 0.378 e. The van der Waals surface area contributed by atoms with Gasteiger partial charge in [0, 0.05) is 12.6 Å². The number of sulfonamides is 1. The van der Waals surface area contributed by atoms with Gasteiger partial charge in [0.2, 0.25) is 10.0 Å². The fourth-order valence-electron chi connectivity index (χ4n) is 2.03. The zero-order valence-electron chi connectivity index (χ0n) is 10.1. The van der Waals surface area contributed by atoms with Crippen LogP contribution < -0.4 is 0 Å². The molecule has 1 atom stereocenters. The zero-order chi connectivity index (χ0) is 12.6. The Bertz CT molecular complexity index is 489. The molecule has 2 rings (SSSR count). The molecule has 1 aliphatic rings. The van der Waals surface area contributed by atoms with Gasteiger partial charge in [-0.05, 0) is 20.8 Å². The van der Waals surface area contributed by atoms with E-state index in [1.807, 2.05) is 6.92 Å². The molecule has 0 aromatic carbocycles. The molecule has 1 unspecified atom stereocenters. The lowest BCUT2D eigenvalue weighted by Gasteiger charge is -2.31. The van der Waals surface area contributed by atoms with Crippen LogP contribution in [0.4, 0.5) is 0 Å². The van der Waals surface area contributed by atoms with Gasteiger partial charge in [0.25, 0.3) is 0 Å². The molecule has 1 aromatic rings. The predicted molar refractivity (Wildman–Crippen MR) is 60.1 cm³/mol. The fourth-order valence-corrected chi connectivity index (χ4v) is 3.92. The van der Waals surface area contributed by atoms with Crippen LogP contribution in [0.5, 0.6) is 0 Å². The first-order chi connectivity index (χ1) is 7.94. The summed E-state index contributed by atoms with van der Waals surface area (Å²) in [5.41, 5.74) is 0.404. The quantitative estimate of drug-likeness (QED) is 0.782. The summed E-state index contributed by atoms with van der Waals surface area (Å²) in [6, 6.07) is -0.164. The molecule has 0 N–H and O–H groups in total. The van der Waals surface area contributed by atoms with Gasteiger partial charge in [0.1, 0.15) is 10.6 Å². The number of aromatic nitrogens is 1. The molecule has 6 nitrogen and oxygen atoms in total. The van der Waals surface area contributed by atoms with Crippen molar-refractivity contribution in [3.8, 4) is 0 Å². The molecule has 7 heteroatoms. The summed E-state index contributed by atoms with van der Waals surface area (Å²) in [7, 11) is -3.53. The zero-order valence-corrected chi connectivity index (χ0v) is 11.0. The first-order valence-electron chi connectivity index (χ1n) is 5.47. The Morgan fingerprint density at radius 1 is 1.41 bits per heavy atom. The van der Waals surface area contributed by atoms with Gasteiger partial charge in [-0.15, -0.1) is 0 Å². The third-order valence-electron chi connectivity index (χ3n) is 2.84. The Labute approximate surface area is 101 Å². The third kappa shape index (κ3) is 2.10. The molecule has 0 spiro atoms. The van der Waals surface area contributed by atoms with Gasteiger partial charge in [-0.25, -0.2) is 8.42 Å². The second-order valence-electron chi connectivity index (χ2n) is 4.19. The van der Waals surface area contributed by atoms with Crippen molar-refractivity contribution in [2.24, 2.45) is 0 Å². The molecule has 17 heavy (non-hydrogen) atoms. The molecule has 0 bridgehead atoms. The second kappa shape index (κ2) is 4.40. The molecule has 2 heterocycles. The van der Waals surface area contributed by atoms with Crippen LogP contribution in [-0.2, 0) is 14.8 Å². The summed E-state index contributed by atoms with van der Waals surface area (Å²) in [5, 5.41) is 3.69. The Morgan fingerprint density at radius 3 is 2.65 bits per heavy atom. The van der Waals surface area contributed by atoms with E-state index in [0.717, 1.165) is 0 Å². The van der Waals surface area contributed by atoms with E-state index in [1.165, 1.54) is 4.31 Å². The highest BCUT2D eigenvalue weighted by Crippen LogP contribution is 2.25. The van der Waals surface area contributed by atoms with E-state index in [4.69, 9.17) is 9.26 Å². The maximum absolute atomic E-state index is 12.5. The SMILES string of the molecule is Cc1noc(C)c1S(=O)(=O)N1CCOCC1C.